The summed E-state index contributed by atoms with van der Waals surface area (Å²) in [4.78, 5) is 2.47. The molecule has 0 saturated carbocycles. The van der Waals surface area contributed by atoms with E-state index in [4.69, 9.17) is 0 Å². The molecule has 110 valence electrons. The Kier molecular flexibility index (Phi) is 2.97. The first kappa shape index (κ1) is 13.4. The van der Waals surface area contributed by atoms with Gasteiger partial charge in [0.2, 0.25) is 0 Å². The fourth-order valence-corrected chi connectivity index (χ4v) is 3.56. The summed E-state index contributed by atoms with van der Waals surface area (Å²) in [6.07, 6.45) is 20.2. The Bertz CT molecular complexity index is 743. The van der Waals surface area contributed by atoms with Crippen molar-refractivity contribution >= 4 is 5.69 Å². The lowest BCUT2D eigenvalue weighted by atomic mass is 9.91. The van der Waals surface area contributed by atoms with Crippen molar-refractivity contribution in [1.29, 1.82) is 0 Å². The normalized spacial score (nSPS) is 27.4. The molecule has 0 aromatic heterocycles. The van der Waals surface area contributed by atoms with Gasteiger partial charge in [0, 0.05) is 22.7 Å². The smallest absolute Gasteiger partial charge is 0.0629 e. The minimum absolute atomic E-state index is 0.110. The van der Waals surface area contributed by atoms with E-state index in [1.165, 1.54) is 16.9 Å². The van der Waals surface area contributed by atoms with Gasteiger partial charge >= 0.3 is 0 Å². The van der Waals surface area contributed by atoms with Gasteiger partial charge in [0.05, 0.1) is 6.04 Å². The highest BCUT2D eigenvalue weighted by Gasteiger charge is 2.37. The molecule has 1 heteroatoms. The molecule has 0 spiro atoms. The second-order valence-electron chi connectivity index (χ2n) is 6.82. The van der Waals surface area contributed by atoms with Crippen LogP contribution >= 0.6 is 0 Å². The zero-order valence-corrected chi connectivity index (χ0v) is 13.1. The van der Waals surface area contributed by atoms with Gasteiger partial charge in [-0.2, -0.15) is 0 Å². The van der Waals surface area contributed by atoms with E-state index in [2.05, 4.69) is 97.7 Å². The molecule has 1 heterocycles. The third-order valence-electron chi connectivity index (χ3n) is 4.71. The van der Waals surface area contributed by atoms with Crippen LogP contribution in [0.2, 0.25) is 0 Å². The first-order valence-electron chi connectivity index (χ1n) is 7.98. The number of anilines is 1. The Labute approximate surface area is 132 Å². The van der Waals surface area contributed by atoms with Crippen molar-refractivity contribution in [3.8, 4) is 0 Å². The maximum atomic E-state index is 2.47. The number of hydrogen-bond donors (Lipinski definition) is 0. The molecule has 0 radical (unpaired) electrons. The van der Waals surface area contributed by atoms with Crippen LogP contribution in [0.5, 0.6) is 0 Å². The summed E-state index contributed by atoms with van der Waals surface area (Å²) < 4.78 is 0. The Balaban J connectivity index is 1.82. The van der Waals surface area contributed by atoms with Crippen molar-refractivity contribution in [1.82, 2.24) is 0 Å². The van der Waals surface area contributed by atoms with Crippen LogP contribution in [0.25, 0.3) is 0 Å². The van der Waals surface area contributed by atoms with Crippen LogP contribution in [-0.2, 0) is 0 Å². The molecule has 0 amide bonds. The summed E-state index contributed by atoms with van der Waals surface area (Å²) in [6, 6.07) is 9.16. The van der Waals surface area contributed by atoms with E-state index in [1.54, 1.807) is 0 Å². The lowest BCUT2D eigenvalue weighted by molar-refractivity contribution is 0.626. The van der Waals surface area contributed by atoms with Gasteiger partial charge in [-0.05, 0) is 23.8 Å². The van der Waals surface area contributed by atoms with Gasteiger partial charge < -0.3 is 4.90 Å². The molecule has 2 aliphatic carbocycles. The van der Waals surface area contributed by atoms with Gasteiger partial charge in [-0.1, -0.05) is 74.6 Å². The van der Waals surface area contributed by atoms with Crippen LogP contribution in [0.1, 0.15) is 25.3 Å². The molecule has 1 nitrogen and oxygen atoms in total. The molecule has 0 bridgehead atoms. The van der Waals surface area contributed by atoms with Crippen LogP contribution in [-0.4, -0.2) is 6.04 Å². The molecular weight excluding hydrogens is 266 g/mol. The molecule has 4 rings (SSSR count). The quantitative estimate of drug-likeness (QED) is 0.693. The van der Waals surface area contributed by atoms with Crippen LogP contribution < -0.4 is 4.90 Å². The van der Waals surface area contributed by atoms with Crippen molar-refractivity contribution in [3.05, 3.63) is 90.2 Å². The first-order valence-corrected chi connectivity index (χ1v) is 7.98. The second kappa shape index (κ2) is 4.88. The number of allylic oxidation sites excluding steroid dienone is 7. The molecule has 1 aromatic rings. The van der Waals surface area contributed by atoms with Crippen LogP contribution in [0.4, 0.5) is 5.69 Å². The number of nitrogens with zero attached hydrogens (tertiary/aromatic N) is 1. The van der Waals surface area contributed by atoms with Crippen LogP contribution in [0, 0.1) is 5.41 Å². The Morgan fingerprint density at radius 3 is 2.68 bits per heavy atom. The van der Waals surface area contributed by atoms with Crippen LogP contribution in [0.15, 0.2) is 84.6 Å². The lowest BCUT2D eigenvalue weighted by Gasteiger charge is -2.29. The van der Waals surface area contributed by atoms with E-state index in [-0.39, 0.29) is 5.41 Å². The fourth-order valence-electron chi connectivity index (χ4n) is 3.56. The third-order valence-corrected chi connectivity index (χ3v) is 4.71. The third kappa shape index (κ3) is 2.09. The topological polar surface area (TPSA) is 3.24 Å². The molecule has 1 aliphatic heterocycles. The molecule has 3 aliphatic rings. The number of fused-ring (bicyclic) bond motifs is 3. The number of hydrogen-bond acceptors (Lipinski definition) is 1. The Morgan fingerprint density at radius 2 is 1.77 bits per heavy atom. The lowest BCUT2D eigenvalue weighted by Crippen LogP contribution is -2.31. The average molecular weight is 287 g/mol. The molecule has 0 fully saturated rings. The summed E-state index contributed by atoms with van der Waals surface area (Å²) >= 11 is 0. The van der Waals surface area contributed by atoms with Gasteiger partial charge in [-0.15, -0.1) is 0 Å². The predicted octanol–water partition coefficient (Wildman–Crippen LogP) is 5.12. The molecule has 22 heavy (non-hydrogen) atoms. The predicted molar refractivity (Wildman–Crippen MR) is 93.9 cm³/mol. The van der Waals surface area contributed by atoms with Crippen molar-refractivity contribution in [2.24, 2.45) is 5.41 Å². The zero-order chi connectivity index (χ0) is 15.2. The van der Waals surface area contributed by atoms with Gasteiger partial charge in [-0.3, -0.25) is 0 Å². The SMILES string of the molecule is CC1(C)C=CC=C(N2c3ccccc3C3C=CC=CC32)C=C1. The standard InChI is InChI=1S/C21H21N/c1-21(2)14-7-8-16(13-15-21)22-19-11-5-3-9-17(19)18-10-4-6-12-20(18)22/h3-15,17,19H,1-2H3. The maximum absolute atomic E-state index is 2.47. The van der Waals surface area contributed by atoms with E-state index in [0.717, 1.165) is 0 Å². The van der Waals surface area contributed by atoms with Gasteiger partial charge in [0.1, 0.15) is 0 Å². The summed E-state index contributed by atoms with van der Waals surface area (Å²) in [5.74, 6) is 0.454. The number of rotatable bonds is 1. The molecule has 0 saturated heterocycles. The molecule has 1 aromatic carbocycles. The molecule has 0 N–H and O–H groups in total. The molecule has 2 atom stereocenters. The zero-order valence-electron chi connectivity index (χ0n) is 13.1. The second-order valence-corrected chi connectivity index (χ2v) is 6.82. The largest absolute Gasteiger partial charge is 0.333 e. The molecular formula is C21H21N. The minimum Gasteiger partial charge on any atom is -0.333 e. The Morgan fingerprint density at radius 1 is 0.955 bits per heavy atom. The molecule has 2 unspecified atom stereocenters. The summed E-state index contributed by atoms with van der Waals surface area (Å²) in [5, 5.41) is 0. The van der Waals surface area contributed by atoms with Gasteiger partial charge in [0.15, 0.2) is 0 Å². The van der Waals surface area contributed by atoms with E-state index in [9.17, 15) is 0 Å². The fraction of sp³-hybridized carbons (Fsp3) is 0.238. The van der Waals surface area contributed by atoms with E-state index in [1.807, 2.05) is 0 Å². The highest BCUT2D eigenvalue weighted by atomic mass is 15.2. The number of benzene rings is 1. The Hall–Kier alpha value is -2.28. The minimum atomic E-state index is 0.110. The number of para-hydroxylation sites is 1. The highest BCUT2D eigenvalue weighted by molar-refractivity contribution is 5.70. The maximum Gasteiger partial charge on any atom is 0.0629 e. The van der Waals surface area contributed by atoms with E-state index < -0.39 is 0 Å². The van der Waals surface area contributed by atoms with Gasteiger partial charge in [-0.25, -0.2) is 0 Å². The van der Waals surface area contributed by atoms with E-state index in [0.29, 0.717) is 12.0 Å². The average Bonchev–Trinajstić information content (AvgIpc) is 2.74. The summed E-state index contributed by atoms with van der Waals surface area (Å²) in [6.45, 7) is 4.47. The van der Waals surface area contributed by atoms with Crippen LogP contribution in [0.3, 0.4) is 0 Å². The summed E-state index contributed by atoms with van der Waals surface area (Å²) in [7, 11) is 0. The van der Waals surface area contributed by atoms with Crippen molar-refractivity contribution in [2.75, 3.05) is 4.90 Å². The van der Waals surface area contributed by atoms with Crippen molar-refractivity contribution < 1.29 is 0 Å². The highest BCUT2D eigenvalue weighted by Crippen LogP contribution is 2.46. The van der Waals surface area contributed by atoms with Gasteiger partial charge in [0.25, 0.3) is 0 Å². The monoisotopic (exact) mass is 287 g/mol. The van der Waals surface area contributed by atoms with Crippen molar-refractivity contribution in [3.63, 3.8) is 0 Å². The summed E-state index contributed by atoms with van der Waals surface area (Å²) in [5.41, 5.74) is 4.13. The van der Waals surface area contributed by atoms with Crippen molar-refractivity contribution in [2.45, 2.75) is 25.8 Å². The first-order chi connectivity index (χ1) is 10.7. The van der Waals surface area contributed by atoms with E-state index >= 15 is 0 Å².